The highest BCUT2D eigenvalue weighted by atomic mass is 32.1. The molecule has 2 aliphatic rings. The molecule has 4 nitrogen and oxygen atoms in total. The van der Waals surface area contributed by atoms with Crippen LogP contribution in [0.25, 0.3) is 0 Å². The van der Waals surface area contributed by atoms with Gasteiger partial charge in [-0.1, -0.05) is 25.3 Å². The molecule has 3 rings (SSSR count). The lowest BCUT2D eigenvalue weighted by molar-refractivity contribution is -0.140. The second kappa shape index (κ2) is 7.68. The Morgan fingerprint density at radius 3 is 2.71 bits per heavy atom. The maximum absolute atomic E-state index is 13.5. The lowest BCUT2D eigenvalue weighted by Crippen LogP contribution is -2.51. The summed E-state index contributed by atoms with van der Waals surface area (Å²) < 4.78 is 0. The molecule has 0 aromatic carbocycles. The van der Waals surface area contributed by atoms with E-state index in [1.54, 1.807) is 11.3 Å². The Labute approximate surface area is 147 Å². The summed E-state index contributed by atoms with van der Waals surface area (Å²) in [5.41, 5.74) is -0.318. The second-order valence-corrected chi connectivity index (χ2v) is 8.26. The van der Waals surface area contributed by atoms with Gasteiger partial charge in [-0.2, -0.15) is 0 Å². The molecule has 1 aliphatic carbocycles. The summed E-state index contributed by atoms with van der Waals surface area (Å²) >= 11 is 1.71. The van der Waals surface area contributed by atoms with Crippen molar-refractivity contribution in [3.8, 4) is 0 Å². The average Bonchev–Trinajstić information content (AvgIpc) is 3.15. The Morgan fingerprint density at radius 2 is 2.04 bits per heavy atom. The summed E-state index contributed by atoms with van der Waals surface area (Å²) in [4.78, 5) is 27.6. The Morgan fingerprint density at radius 1 is 1.25 bits per heavy atom. The number of carbonyl (C=O) groups excluding carboxylic acids is 1. The van der Waals surface area contributed by atoms with E-state index in [1.165, 1.54) is 11.3 Å². The largest absolute Gasteiger partial charge is 0.481 e. The Bertz CT molecular complexity index is 563. The van der Waals surface area contributed by atoms with E-state index in [-0.39, 0.29) is 11.8 Å². The number of carboxylic acids is 1. The molecule has 0 bridgehead atoms. The molecule has 132 valence electrons. The molecule has 1 amide bonds. The summed E-state index contributed by atoms with van der Waals surface area (Å²) in [6.45, 7) is 1.56. The van der Waals surface area contributed by atoms with Crippen LogP contribution in [-0.2, 0) is 15.0 Å². The molecule has 1 saturated carbocycles. The fraction of sp³-hybridized carbons (Fsp3) is 0.684. The SMILES string of the molecule is O=C(O)CCC1CCCN(C(=O)C2(c3cccs3)CCCCC2)C1. The van der Waals surface area contributed by atoms with Crippen molar-refractivity contribution in [1.29, 1.82) is 0 Å². The fourth-order valence-corrected chi connectivity index (χ4v) is 5.37. The lowest BCUT2D eigenvalue weighted by Gasteiger charge is -2.42. The van der Waals surface area contributed by atoms with E-state index in [0.717, 1.165) is 51.6 Å². The van der Waals surface area contributed by atoms with Crippen molar-refractivity contribution >= 4 is 23.2 Å². The number of hydrogen-bond donors (Lipinski definition) is 1. The van der Waals surface area contributed by atoms with Crippen LogP contribution in [0.5, 0.6) is 0 Å². The van der Waals surface area contributed by atoms with Crippen LogP contribution >= 0.6 is 11.3 Å². The summed E-state index contributed by atoms with van der Waals surface area (Å²) in [7, 11) is 0. The predicted molar refractivity (Wildman–Crippen MR) is 95.3 cm³/mol. The highest BCUT2D eigenvalue weighted by molar-refractivity contribution is 7.10. The van der Waals surface area contributed by atoms with Crippen molar-refractivity contribution < 1.29 is 14.7 Å². The summed E-state index contributed by atoms with van der Waals surface area (Å²) in [6.07, 6.45) is 8.33. The highest BCUT2D eigenvalue weighted by Gasteiger charge is 2.45. The van der Waals surface area contributed by atoms with Gasteiger partial charge in [-0.25, -0.2) is 0 Å². The molecular weight excluding hydrogens is 322 g/mol. The van der Waals surface area contributed by atoms with Gasteiger partial charge in [0.1, 0.15) is 0 Å². The first-order chi connectivity index (χ1) is 11.6. The van der Waals surface area contributed by atoms with Crippen LogP contribution in [0, 0.1) is 5.92 Å². The van der Waals surface area contributed by atoms with E-state index < -0.39 is 5.97 Å². The molecule has 1 N–H and O–H groups in total. The number of carboxylic acid groups (broad SMARTS) is 1. The number of rotatable bonds is 5. The number of amides is 1. The Hall–Kier alpha value is -1.36. The first-order valence-corrected chi connectivity index (χ1v) is 10.0. The minimum Gasteiger partial charge on any atom is -0.481 e. The average molecular weight is 349 g/mol. The predicted octanol–water partition coefficient (Wildman–Crippen LogP) is 4.05. The highest BCUT2D eigenvalue weighted by Crippen LogP contribution is 2.43. The Balaban J connectivity index is 1.74. The van der Waals surface area contributed by atoms with E-state index >= 15 is 0 Å². The molecule has 0 spiro atoms. The topological polar surface area (TPSA) is 57.6 Å². The van der Waals surface area contributed by atoms with Crippen LogP contribution in [0.4, 0.5) is 0 Å². The third kappa shape index (κ3) is 3.66. The number of hydrogen-bond acceptors (Lipinski definition) is 3. The van der Waals surface area contributed by atoms with E-state index in [1.807, 2.05) is 4.90 Å². The van der Waals surface area contributed by atoms with Crippen molar-refractivity contribution in [2.45, 2.75) is 63.2 Å². The molecule has 1 aliphatic heterocycles. The van der Waals surface area contributed by atoms with Crippen molar-refractivity contribution in [3.63, 3.8) is 0 Å². The smallest absolute Gasteiger partial charge is 0.303 e. The van der Waals surface area contributed by atoms with Gasteiger partial charge in [0.25, 0.3) is 0 Å². The van der Waals surface area contributed by atoms with Crippen LogP contribution in [0.1, 0.15) is 62.7 Å². The molecule has 0 radical (unpaired) electrons. The van der Waals surface area contributed by atoms with Gasteiger partial charge < -0.3 is 10.0 Å². The minimum absolute atomic E-state index is 0.211. The maximum Gasteiger partial charge on any atom is 0.303 e. The van der Waals surface area contributed by atoms with Crippen LogP contribution in [-0.4, -0.2) is 35.0 Å². The quantitative estimate of drug-likeness (QED) is 0.872. The van der Waals surface area contributed by atoms with E-state index in [2.05, 4.69) is 17.5 Å². The van der Waals surface area contributed by atoms with Crippen molar-refractivity contribution in [2.75, 3.05) is 13.1 Å². The zero-order valence-electron chi connectivity index (χ0n) is 14.2. The van der Waals surface area contributed by atoms with Crippen LogP contribution in [0.15, 0.2) is 17.5 Å². The normalized spacial score (nSPS) is 23.8. The molecule has 1 atom stereocenters. The van der Waals surface area contributed by atoms with E-state index in [4.69, 9.17) is 5.11 Å². The minimum atomic E-state index is -0.735. The van der Waals surface area contributed by atoms with Crippen LogP contribution in [0.2, 0.25) is 0 Å². The lowest BCUT2D eigenvalue weighted by atomic mass is 9.71. The number of thiophene rings is 1. The molecule has 2 heterocycles. The van der Waals surface area contributed by atoms with Crippen molar-refractivity contribution in [1.82, 2.24) is 4.90 Å². The molecule has 5 heteroatoms. The van der Waals surface area contributed by atoms with Crippen LogP contribution < -0.4 is 0 Å². The first kappa shape index (κ1) is 17.5. The molecular formula is C19H27NO3S. The number of piperidine rings is 1. The van der Waals surface area contributed by atoms with Gasteiger partial charge in [0.15, 0.2) is 0 Å². The first-order valence-electron chi connectivity index (χ1n) is 9.17. The Kier molecular flexibility index (Phi) is 5.59. The molecule has 2 fully saturated rings. The van der Waals surface area contributed by atoms with Gasteiger partial charge in [-0.3, -0.25) is 9.59 Å². The second-order valence-electron chi connectivity index (χ2n) is 7.31. The number of likely N-dealkylation sites (tertiary alicyclic amines) is 1. The molecule has 1 saturated heterocycles. The zero-order chi connectivity index (χ0) is 17.0. The zero-order valence-corrected chi connectivity index (χ0v) is 15.0. The van der Waals surface area contributed by atoms with Crippen LogP contribution in [0.3, 0.4) is 0 Å². The standard InChI is InChI=1S/C19H27NO3S/c21-17(22)9-8-15-6-4-12-20(14-15)18(23)19(10-2-1-3-11-19)16-7-5-13-24-16/h5,7,13,15H,1-4,6,8-12,14H2,(H,21,22). The van der Waals surface area contributed by atoms with Gasteiger partial charge in [-0.15, -0.1) is 11.3 Å². The van der Waals surface area contributed by atoms with E-state index in [0.29, 0.717) is 18.2 Å². The van der Waals surface area contributed by atoms with E-state index in [9.17, 15) is 9.59 Å². The van der Waals surface area contributed by atoms with Crippen molar-refractivity contribution in [3.05, 3.63) is 22.4 Å². The maximum atomic E-state index is 13.5. The van der Waals surface area contributed by atoms with Gasteiger partial charge >= 0.3 is 5.97 Å². The van der Waals surface area contributed by atoms with Gasteiger partial charge in [0.2, 0.25) is 5.91 Å². The fourth-order valence-electron chi connectivity index (χ4n) is 4.39. The van der Waals surface area contributed by atoms with Gasteiger partial charge in [0.05, 0.1) is 5.41 Å². The third-order valence-electron chi connectivity index (χ3n) is 5.68. The summed E-state index contributed by atoms with van der Waals surface area (Å²) in [5, 5.41) is 11.0. The molecule has 1 aromatic heterocycles. The third-order valence-corrected chi connectivity index (χ3v) is 6.76. The number of carbonyl (C=O) groups is 2. The van der Waals surface area contributed by atoms with Gasteiger partial charge in [0, 0.05) is 24.4 Å². The molecule has 24 heavy (non-hydrogen) atoms. The molecule has 1 unspecified atom stereocenters. The number of aliphatic carboxylic acids is 1. The summed E-state index contributed by atoms with van der Waals surface area (Å²) in [6, 6.07) is 4.18. The molecule has 1 aromatic rings. The number of nitrogens with zero attached hydrogens (tertiary/aromatic N) is 1. The van der Waals surface area contributed by atoms with Gasteiger partial charge in [-0.05, 0) is 49.5 Å². The summed E-state index contributed by atoms with van der Waals surface area (Å²) in [5.74, 6) is -0.103. The monoisotopic (exact) mass is 349 g/mol. The van der Waals surface area contributed by atoms with Crippen molar-refractivity contribution in [2.24, 2.45) is 5.92 Å².